The van der Waals surface area contributed by atoms with Gasteiger partial charge in [0.1, 0.15) is 0 Å². The fraction of sp³-hybridized carbons (Fsp3) is 1.00. The summed E-state index contributed by atoms with van der Waals surface area (Å²) in [6, 6.07) is 0. The normalized spacial score (nSPS) is 13.1. The van der Waals surface area contributed by atoms with E-state index in [2.05, 4.69) is 4.72 Å². The van der Waals surface area contributed by atoms with Crippen LogP contribution < -0.4 is 10.5 Å². The van der Waals surface area contributed by atoms with Crippen LogP contribution >= 0.6 is 0 Å². The molecule has 0 spiro atoms. The van der Waals surface area contributed by atoms with Crippen LogP contribution in [-0.2, 0) is 10.0 Å². The fourth-order valence-corrected chi connectivity index (χ4v) is 2.97. The second-order valence-corrected chi connectivity index (χ2v) is 5.50. The quantitative estimate of drug-likeness (QED) is 0.658. The van der Waals surface area contributed by atoms with Gasteiger partial charge in [-0.3, -0.25) is 4.39 Å². The van der Waals surface area contributed by atoms with Crippen molar-refractivity contribution in [1.29, 1.82) is 0 Å². The van der Waals surface area contributed by atoms with Gasteiger partial charge in [-0.15, -0.1) is 0 Å². The molecule has 0 radical (unpaired) electrons. The molecule has 0 bridgehead atoms. The zero-order chi connectivity index (χ0) is 11.9. The number of alkyl halides is 1. The Morgan fingerprint density at radius 3 is 2.20 bits per heavy atom. The summed E-state index contributed by atoms with van der Waals surface area (Å²) in [6.45, 7) is 3.41. The van der Waals surface area contributed by atoms with Crippen LogP contribution in [0.3, 0.4) is 0 Å². The van der Waals surface area contributed by atoms with Gasteiger partial charge in [0.2, 0.25) is 10.0 Å². The van der Waals surface area contributed by atoms with Gasteiger partial charge in [0, 0.05) is 12.1 Å². The van der Waals surface area contributed by atoms with Crippen LogP contribution in [0.2, 0.25) is 0 Å². The number of nitrogens with two attached hydrogens (primary N) is 1. The smallest absolute Gasteiger partial charge is 0.212 e. The van der Waals surface area contributed by atoms with Crippen molar-refractivity contribution in [3.63, 3.8) is 0 Å². The lowest BCUT2D eigenvalue weighted by Gasteiger charge is -2.30. The lowest BCUT2D eigenvalue weighted by atomic mass is 9.95. The number of hydrogen-bond acceptors (Lipinski definition) is 3. The van der Waals surface area contributed by atoms with Crippen LogP contribution in [0.15, 0.2) is 0 Å². The Hall–Kier alpha value is -0.200. The summed E-state index contributed by atoms with van der Waals surface area (Å²) in [6.07, 6.45) is 1.30. The van der Waals surface area contributed by atoms with Crippen molar-refractivity contribution in [2.24, 2.45) is 5.73 Å². The second-order valence-electron chi connectivity index (χ2n) is 3.66. The summed E-state index contributed by atoms with van der Waals surface area (Å²) in [7, 11) is -3.41. The van der Waals surface area contributed by atoms with Crippen molar-refractivity contribution in [2.75, 3.05) is 19.0 Å². The minimum absolute atomic E-state index is 0.0312. The second kappa shape index (κ2) is 6.40. The number of rotatable bonds is 8. The summed E-state index contributed by atoms with van der Waals surface area (Å²) in [4.78, 5) is 0. The Morgan fingerprint density at radius 2 is 1.87 bits per heavy atom. The zero-order valence-electron chi connectivity index (χ0n) is 9.42. The molecule has 0 saturated heterocycles. The molecule has 0 aliphatic rings. The standard InChI is InChI=1S/C9H21FN2O2S/c1-3-9(4-2,8-11)12-15(13,14)7-5-6-10/h12H,3-8,11H2,1-2H3. The maximum Gasteiger partial charge on any atom is 0.212 e. The summed E-state index contributed by atoms with van der Waals surface area (Å²) in [5.74, 6) is -0.175. The zero-order valence-corrected chi connectivity index (χ0v) is 10.2. The van der Waals surface area contributed by atoms with E-state index in [0.29, 0.717) is 12.8 Å². The first-order valence-corrected chi connectivity index (χ1v) is 6.88. The first kappa shape index (κ1) is 14.8. The highest BCUT2D eigenvalue weighted by molar-refractivity contribution is 7.89. The third-order valence-corrected chi connectivity index (χ3v) is 4.23. The van der Waals surface area contributed by atoms with E-state index >= 15 is 0 Å². The first-order valence-electron chi connectivity index (χ1n) is 5.23. The Kier molecular flexibility index (Phi) is 6.31. The lowest BCUT2D eigenvalue weighted by molar-refractivity contribution is 0.362. The molecule has 0 amide bonds. The van der Waals surface area contributed by atoms with Gasteiger partial charge in [0.15, 0.2) is 0 Å². The van der Waals surface area contributed by atoms with Crippen LogP contribution in [0, 0.1) is 0 Å². The molecule has 0 fully saturated rings. The van der Waals surface area contributed by atoms with Crippen molar-refractivity contribution in [3.8, 4) is 0 Å². The molecule has 15 heavy (non-hydrogen) atoms. The SMILES string of the molecule is CCC(CC)(CN)NS(=O)(=O)CCCF. The minimum Gasteiger partial charge on any atom is -0.329 e. The van der Waals surface area contributed by atoms with Crippen LogP contribution in [0.1, 0.15) is 33.1 Å². The summed E-state index contributed by atoms with van der Waals surface area (Å²) in [5, 5.41) is 0. The number of sulfonamides is 1. The maximum atomic E-state index is 11.9. The van der Waals surface area contributed by atoms with Gasteiger partial charge < -0.3 is 5.73 Å². The van der Waals surface area contributed by atoms with E-state index in [1.807, 2.05) is 13.8 Å². The number of nitrogens with one attached hydrogen (secondary N) is 1. The van der Waals surface area contributed by atoms with Gasteiger partial charge >= 0.3 is 0 Å². The molecule has 3 N–H and O–H groups in total. The topological polar surface area (TPSA) is 72.2 Å². The van der Waals surface area contributed by atoms with E-state index in [-0.39, 0.29) is 18.7 Å². The predicted octanol–water partition coefficient (Wildman–Crippen LogP) is 0.783. The maximum absolute atomic E-state index is 11.9. The van der Waals surface area contributed by atoms with Crippen molar-refractivity contribution in [1.82, 2.24) is 4.72 Å². The summed E-state index contributed by atoms with van der Waals surface area (Å²) < 4.78 is 37.6. The van der Waals surface area contributed by atoms with Gasteiger partial charge in [-0.25, -0.2) is 13.1 Å². The molecule has 0 unspecified atom stereocenters. The van der Waals surface area contributed by atoms with E-state index in [1.165, 1.54) is 0 Å². The number of halogens is 1. The molecule has 0 atom stereocenters. The Morgan fingerprint density at radius 1 is 1.33 bits per heavy atom. The highest BCUT2D eigenvalue weighted by atomic mass is 32.2. The van der Waals surface area contributed by atoms with Gasteiger partial charge in [0.25, 0.3) is 0 Å². The average Bonchev–Trinajstić information content (AvgIpc) is 2.23. The molecule has 0 aromatic heterocycles. The van der Waals surface area contributed by atoms with Gasteiger partial charge in [0.05, 0.1) is 12.4 Å². The average molecular weight is 240 g/mol. The van der Waals surface area contributed by atoms with Crippen molar-refractivity contribution >= 4 is 10.0 Å². The predicted molar refractivity (Wildman–Crippen MR) is 59.9 cm³/mol. The van der Waals surface area contributed by atoms with Crippen LogP contribution in [0.4, 0.5) is 4.39 Å². The molecule has 0 aliphatic heterocycles. The third kappa shape index (κ3) is 4.90. The molecule has 0 aromatic rings. The largest absolute Gasteiger partial charge is 0.329 e. The van der Waals surface area contributed by atoms with E-state index in [4.69, 9.17) is 5.73 Å². The first-order chi connectivity index (χ1) is 6.95. The van der Waals surface area contributed by atoms with E-state index in [0.717, 1.165) is 0 Å². The molecule has 0 aromatic carbocycles. The molecular formula is C9H21FN2O2S. The molecule has 4 nitrogen and oxygen atoms in total. The third-order valence-electron chi connectivity index (χ3n) is 2.66. The number of hydrogen-bond donors (Lipinski definition) is 2. The van der Waals surface area contributed by atoms with Crippen molar-refractivity contribution in [2.45, 2.75) is 38.6 Å². The van der Waals surface area contributed by atoms with Crippen molar-refractivity contribution in [3.05, 3.63) is 0 Å². The van der Waals surface area contributed by atoms with Crippen LogP contribution in [-0.4, -0.2) is 32.9 Å². The molecule has 0 aliphatic carbocycles. The van der Waals surface area contributed by atoms with Gasteiger partial charge in [-0.2, -0.15) is 0 Å². The van der Waals surface area contributed by atoms with Crippen molar-refractivity contribution < 1.29 is 12.8 Å². The Balaban J connectivity index is 4.52. The summed E-state index contributed by atoms with van der Waals surface area (Å²) >= 11 is 0. The van der Waals surface area contributed by atoms with E-state index in [1.54, 1.807) is 0 Å². The fourth-order valence-electron chi connectivity index (χ4n) is 1.35. The van der Waals surface area contributed by atoms with Crippen LogP contribution in [0.25, 0.3) is 0 Å². The minimum atomic E-state index is -3.41. The Bertz CT molecular complexity index is 255. The van der Waals surface area contributed by atoms with Gasteiger partial charge in [-0.1, -0.05) is 13.8 Å². The molecule has 0 rings (SSSR count). The highest BCUT2D eigenvalue weighted by Gasteiger charge is 2.29. The lowest BCUT2D eigenvalue weighted by Crippen LogP contribution is -2.53. The molecule has 6 heteroatoms. The highest BCUT2D eigenvalue weighted by Crippen LogP contribution is 2.15. The van der Waals surface area contributed by atoms with Crippen LogP contribution in [0.5, 0.6) is 0 Å². The monoisotopic (exact) mass is 240 g/mol. The van der Waals surface area contributed by atoms with Gasteiger partial charge in [-0.05, 0) is 19.3 Å². The Labute approximate surface area is 91.5 Å². The molecule has 92 valence electrons. The van der Waals surface area contributed by atoms with E-state index in [9.17, 15) is 12.8 Å². The van der Waals surface area contributed by atoms with E-state index < -0.39 is 22.2 Å². The summed E-state index contributed by atoms with van der Waals surface area (Å²) in [5.41, 5.74) is 4.99. The molecular weight excluding hydrogens is 219 g/mol. The molecule has 0 heterocycles. The molecule has 0 saturated carbocycles.